The molecule has 2 nitrogen and oxygen atoms in total. The van der Waals surface area contributed by atoms with Crippen LogP contribution in [0.4, 0.5) is 0 Å². The Balaban J connectivity index is 3.19. The largest absolute Gasteiger partial charge is 0.217 e. The van der Waals surface area contributed by atoms with Crippen LogP contribution < -0.4 is 0 Å². The van der Waals surface area contributed by atoms with Crippen LogP contribution in [-0.4, -0.2) is 35.2 Å². The summed E-state index contributed by atoms with van der Waals surface area (Å²) in [6.45, 7) is 6.73. The van der Waals surface area contributed by atoms with Gasteiger partial charge >= 0.3 is 0 Å². The van der Waals surface area contributed by atoms with Crippen molar-refractivity contribution in [2.75, 3.05) is 25.4 Å². The molecule has 0 saturated heterocycles. The van der Waals surface area contributed by atoms with Crippen molar-refractivity contribution in [1.29, 1.82) is 0 Å². The molecule has 0 radical (unpaired) electrons. The van der Waals surface area contributed by atoms with Crippen LogP contribution in [-0.2, 0) is 0 Å². The summed E-state index contributed by atoms with van der Waals surface area (Å²) in [5.74, 6) is 1.04. The fourth-order valence-corrected chi connectivity index (χ4v) is 2.70. The van der Waals surface area contributed by atoms with Crippen LogP contribution in [0.2, 0.25) is 0 Å². The van der Waals surface area contributed by atoms with E-state index in [-0.39, 0.29) is 4.65 Å². The smallest absolute Gasteiger partial charge is 0.109 e. The van der Waals surface area contributed by atoms with Gasteiger partial charge in [-0.3, -0.25) is 0 Å². The first-order valence-corrected chi connectivity index (χ1v) is 9.01. The molecule has 0 aliphatic rings. The molecule has 0 fully saturated rings. The van der Waals surface area contributed by atoms with Gasteiger partial charge in [-0.25, -0.2) is 5.21 Å². The van der Waals surface area contributed by atoms with E-state index in [1.165, 1.54) is 64.2 Å². The van der Waals surface area contributed by atoms with Gasteiger partial charge in [0, 0.05) is 0 Å². The van der Waals surface area contributed by atoms with Crippen LogP contribution >= 0.6 is 12.6 Å². The molecule has 0 spiro atoms. The van der Waals surface area contributed by atoms with Crippen molar-refractivity contribution in [3.63, 3.8) is 0 Å². The van der Waals surface area contributed by atoms with Gasteiger partial charge in [0.15, 0.2) is 0 Å². The number of rotatable bonds is 14. The topological polar surface area (TPSA) is 20.2 Å². The van der Waals surface area contributed by atoms with Gasteiger partial charge in [-0.15, -0.1) is 0 Å². The molecule has 0 unspecified atom stereocenters. The number of quaternary nitrogens is 1. The number of thiol groups is 1. The van der Waals surface area contributed by atoms with Crippen LogP contribution in [0.1, 0.15) is 78.1 Å². The van der Waals surface area contributed by atoms with Crippen molar-refractivity contribution >= 4 is 12.6 Å². The van der Waals surface area contributed by atoms with E-state index in [0.29, 0.717) is 0 Å². The maximum atomic E-state index is 10.1. The summed E-state index contributed by atoms with van der Waals surface area (Å²) < 4.78 is 0.255. The summed E-state index contributed by atoms with van der Waals surface area (Å²) in [7, 11) is 0. The molecule has 0 heterocycles. The van der Waals surface area contributed by atoms with Crippen molar-refractivity contribution in [2.45, 2.75) is 78.1 Å². The molecule has 0 aromatic carbocycles. The normalized spacial score (nSPS) is 12.0. The molecule has 116 valence electrons. The Labute approximate surface area is 126 Å². The molecule has 19 heavy (non-hydrogen) atoms. The molecule has 0 aliphatic heterocycles. The highest BCUT2D eigenvalue weighted by atomic mass is 32.1. The van der Waals surface area contributed by atoms with E-state index in [4.69, 9.17) is 0 Å². The highest BCUT2D eigenvalue weighted by molar-refractivity contribution is 7.80. The first kappa shape index (κ1) is 19.3. The Morgan fingerprint density at radius 1 is 0.684 bits per heavy atom. The highest BCUT2D eigenvalue weighted by Crippen LogP contribution is 2.12. The number of unbranched alkanes of at least 4 members (excludes halogenated alkanes) is 9. The highest BCUT2D eigenvalue weighted by Gasteiger charge is 2.18. The zero-order valence-corrected chi connectivity index (χ0v) is 14.1. The van der Waals surface area contributed by atoms with E-state index >= 15 is 0 Å². The molecule has 0 rings (SSSR count). The zero-order valence-electron chi connectivity index (χ0n) is 13.2. The first-order valence-electron chi connectivity index (χ1n) is 8.38. The van der Waals surface area contributed by atoms with E-state index in [1.54, 1.807) is 0 Å². The lowest BCUT2D eigenvalue weighted by Gasteiger charge is -2.27. The summed E-state index contributed by atoms with van der Waals surface area (Å²) in [6, 6.07) is 0. The number of hydrogen-bond donors (Lipinski definition) is 2. The third-order valence-corrected chi connectivity index (χ3v) is 4.48. The average Bonchev–Trinajstić information content (AvgIpc) is 2.44. The van der Waals surface area contributed by atoms with Gasteiger partial charge in [0.2, 0.25) is 0 Å². The molecule has 0 aliphatic carbocycles. The maximum absolute atomic E-state index is 10.1. The SMILES string of the molecule is CC[N+](O)(CC)CCCCCCCCCCCCS. The summed E-state index contributed by atoms with van der Waals surface area (Å²) in [6.07, 6.45) is 13.4. The van der Waals surface area contributed by atoms with Crippen LogP contribution in [0.5, 0.6) is 0 Å². The fourth-order valence-electron chi connectivity index (χ4n) is 2.47. The minimum atomic E-state index is 0.255. The van der Waals surface area contributed by atoms with Crippen LogP contribution in [0, 0.1) is 0 Å². The first-order chi connectivity index (χ1) is 9.18. The van der Waals surface area contributed by atoms with Gasteiger partial charge in [0.05, 0.1) is 0 Å². The Morgan fingerprint density at radius 3 is 1.42 bits per heavy atom. The van der Waals surface area contributed by atoms with E-state index in [0.717, 1.165) is 25.4 Å². The zero-order chi connectivity index (χ0) is 14.4. The van der Waals surface area contributed by atoms with Gasteiger partial charge in [-0.1, -0.05) is 44.9 Å². The minimum absolute atomic E-state index is 0.255. The fraction of sp³-hybridized carbons (Fsp3) is 1.00. The summed E-state index contributed by atoms with van der Waals surface area (Å²) in [5.41, 5.74) is 0. The average molecular weight is 291 g/mol. The Kier molecular flexibility index (Phi) is 13.5. The molecule has 0 saturated carbocycles. The lowest BCUT2D eigenvalue weighted by Crippen LogP contribution is -2.44. The molecule has 0 aromatic heterocycles. The van der Waals surface area contributed by atoms with Crippen LogP contribution in [0.25, 0.3) is 0 Å². The van der Waals surface area contributed by atoms with Gasteiger partial charge in [-0.05, 0) is 38.9 Å². The Hall–Kier alpha value is 0.270. The van der Waals surface area contributed by atoms with Crippen molar-refractivity contribution in [1.82, 2.24) is 0 Å². The van der Waals surface area contributed by atoms with Gasteiger partial charge in [0.25, 0.3) is 0 Å². The molecule has 0 amide bonds. The molecule has 3 heteroatoms. The molecule has 1 N–H and O–H groups in total. The van der Waals surface area contributed by atoms with E-state index in [9.17, 15) is 5.21 Å². The lowest BCUT2D eigenvalue weighted by molar-refractivity contribution is -1.10. The van der Waals surface area contributed by atoms with Crippen LogP contribution in [0.15, 0.2) is 0 Å². The number of hydrogen-bond acceptors (Lipinski definition) is 2. The summed E-state index contributed by atoms with van der Waals surface area (Å²) in [5, 5.41) is 10.1. The van der Waals surface area contributed by atoms with Crippen LogP contribution in [0.3, 0.4) is 0 Å². The quantitative estimate of drug-likeness (QED) is 0.198. The number of hydroxylamine groups is 3. The molecule has 0 aromatic rings. The molecular weight excluding hydrogens is 254 g/mol. The monoisotopic (exact) mass is 290 g/mol. The second kappa shape index (κ2) is 13.3. The Bertz CT molecular complexity index is 184. The van der Waals surface area contributed by atoms with E-state index in [2.05, 4.69) is 26.5 Å². The van der Waals surface area contributed by atoms with Crippen molar-refractivity contribution < 1.29 is 9.85 Å². The van der Waals surface area contributed by atoms with Gasteiger partial charge in [0.1, 0.15) is 19.6 Å². The predicted molar refractivity (Wildman–Crippen MR) is 88.0 cm³/mol. The minimum Gasteiger partial charge on any atom is -0.217 e. The van der Waals surface area contributed by atoms with Gasteiger partial charge < -0.3 is 0 Å². The molecule has 0 atom stereocenters. The predicted octanol–water partition coefficient (Wildman–Crippen LogP) is 5.06. The van der Waals surface area contributed by atoms with Gasteiger partial charge in [-0.2, -0.15) is 17.3 Å². The molecule has 0 bridgehead atoms. The number of nitrogens with zero attached hydrogens (tertiary/aromatic N) is 1. The third-order valence-electron chi connectivity index (χ3n) is 4.16. The van der Waals surface area contributed by atoms with E-state index < -0.39 is 0 Å². The summed E-state index contributed by atoms with van der Waals surface area (Å²) >= 11 is 4.23. The van der Waals surface area contributed by atoms with Crippen molar-refractivity contribution in [3.8, 4) is 0 Å². The third kappa shape index (κ3) is 11.8. The van der Waals surface area contributed by atoms with Crippen molar-refractivity contribution in [2.24, 2.45) is 0 Å². The second-order valence-corrected chi connectivity index (χ2v) is 6.16. The van der Waals surface area contributed by atoms with E-state index in [1.807, 2.05) is 0 Å². The maximum Gasteiger partial charge on any atom is 0.109 e. The second-order valence-electron chi connectivity index (χ2n) is 5.71. The Morgan fingerprint density at radius 2 is 1.05 bits per heavy atom. The standard InChI is InChI=1S/C16H35NOS/c1-3-17(18,4-2)15-13-11-9-7-5-6-8-10-12-14-16-19/h18H,3-16H2,1-2H3/p+1. The lowest BCUT2D eigenvalue weighted by atomic mass is 10.1. The summed E-state index contributed by atoms with van der Waals surface area (Å²) in [4.78, 5) is 0. The molecular formula is C16H36NOS+. The van der Waals surface area contributed by atoms with Crippen molar-refractivity contribution in [3.05, 3.63) is 0 Å².